The van der Waals surface area contributed by atoms with E-state index in [9.17, 15) is 9.59 Å². The summed E-state index contributed by atoms with van der Waals surface area (Å²) in [6.45, 7) is 0. The fraction of sp³-hybridized carbons (Fsp3) is 0. The average molecular weight is 396 g/mol. The highest BCUT2D eigenvalue weighted by Gasteiger charge is 1.92. The molecule has 0 bridgehead atoms. The Balaban J connectivity index is 0.000000200. The van der Waals surface area contributed by atoms with Crippen LogP contribution in [0.25, 0.3) is 0 Å². The Bertz CT molecular complexity index is 676. The summed E-state index contributed by atoms with van der Waals surface area (Å²) >= 11 is 6.47. The molecule has 2 aromatic rings. The Labute approximate surface area is 132 Å². The van der Waals surface area contributed by atoms with Gasteiger partial charge in [0, 0.05) is 8.95 Å². The summed E-state index contributed by atoms with van der Waals surface area (Å²) in [4.78, 5) is 26.5. The van der Waals surface area contributed by atoms with Crippen LogP contribution in [0.1, 0.15) is 0 Å². The van der Waals surface area contributed by atoms with Gasteiger partial charge < -0.3 is 0 Å². The fourth-order valence-electron chi connectivity index (χ4n) is 1.19. The van der Waals surface area contributed by atoms with Gasteiger partial charge in [-0.15, -0.1) is 0 Å². The lowest BCUT2D eigenvalue weighted by atomic mass is 10.3. The van der Waals surface area contributed by atoms with E-state index in [2.05, 4.69) is 41.8 Å². The van der Waals surface area contributed by atoms with Crippen LogP contribution in [-0.2, 0) is 9.59 Å². The maximum Gasteiger partial charge on any atom is 0.240 e. The molecule has 0 aromatic heterocycles. The van der Waals surface area contributed by atoms with Crippen molar-refractivity contribution in [3.63, 3.8) is 0 Å². The predicted molar refractivity (Wildman–Crippen MR) is 83.8 cm³/mol. The SMILES string of the molecule is O=C=Nc1cccc(Br)c1.O=C=Nc1ccccc1Br. The van der Waals surface area contributed by atoms with E-state index in [1.165, 1.54) is 12.2 Å². The standard InChI is InChI=1S/2C7H4BrNO/c8-6-2-1-3-7(4-6)9-5-10;8-6-3-1-2-4-7(6)9-5-10/h2*1-4H. The molecule has 0 N–H and O–H groups in total. The van der Waals surface area contributed by atoms with Gasteiger partial charge in [0.15, 0.2) is 0 Å². The van der Waals surface area contributed by atoms with Crippen molar-refractivity contribution in [3.8, 4) is 0 Å². The van der Waals surface area contributed by atoms with Gasteiger partial charge in [0.05, 0.1) is 11.4 Å². The van der Waals surface area contributed by atoms with Gasteiger partial charge in [-0.2, -0.15) is 9.98 Å². The quantitative estimate of drug-likeness (QED) is 0.539. The van der Waals surface area contributed by atoms with Crippen LogP contribution in [0, 0.1) is 0 Å². The second kappa shape index (κ2) is 9.13. The van der Waals surface area contributed by atoms with E-state index in [1.807, 2.05) is 18.2 Å². The Hall–Kier alpha value is -1.84. The first-order valence-electron chi connectivity index (χ1n) is 5.33. The number of aliphatic imine (C=N–C) groups is 2. The molecule has 0 spiro atoms. The summed E-state index contributed by atoms with van der Waals surface area (Å²) in [5.74, 6) is 0. The van der Waals surface area contributed by atoms with Crippen LogP contribution in [0.5, 0.6) is 0 Å². The molecular formula is C14H8Br2N2O2. The molecule has 6 heteroatoms. The molecule has 4 nitrogen and oxygen atoms in total. The van der Waals surface area contributed by atoms with Crippen LogP contribution in [0.3, 0.4) is 0 Å². The molecule has 100 valence electrons. The van der Waals surface area contributed by atoms with Crippen LogP contribution in [-0.4, -0.2) is 12.2 Å². The van der Waals surface area contributed by atoms with Gasteiger partial charge in [0.1, 0.15) is 0 Å². The minimum atomic E-state index is 0.609. The van der Waals surface area contributed by atoms with Gasteiger partial charge in [0.2, 0.25) is 12.2 Å². The Kier molecular flexibility index (Phi) is 7.40. The lowest BCUT2D eigenvalue weighted by molar-refractivity contribution is 0.564. The lowest BCUT2D eigenvalue weighted by Gasteiger charge is -1.91. The number of rotatable bonds is 2. The highest BCUT2D eigenvalue weighted by atomic mass is 79.9. The molecule has 0 saturated carbocycles. The first-order chi connectivity index (χ1) is 9.67. The Morgan fingerprint density at radius 1 is 0.850 bits per heavy atom. The van der Waals surface area contributed by atoms with Crippen molar-refractivity contribution in [1.82, 2.24) is 0 Å². The summed E-state index contributed by atoms with van der Waals surface area (Å²) in [6, 6.07) is 14.4. The second-order valence-corrected chi connectivity index (χ2v) is 5.11. The number of para-hydroxylation sites is 1. The van der Waals surface area contributed by atoms with Crippen molar-refractivity contribution in [2.75, 3.05) is 0 Å². The first kappa shape index (κ1) is 16.2. The zero-order chi connectivity index (χ0) is 14.8. The normalized spacial score (nSPS) is 8.50. The molecule has 0 unspecified atom stereocenters. The maximum atomic E-state index is 9.81. The van der Waals surface area contributed by atoms with Gasteiger partial charge in [-0.1, -0.05) is 34.1 Å². The fourth-order valence-corrected chi connectivity index (χ4v) is 1.95. The number of hydrogen-bond acceptors (Lipinski definition) is 4. The molecule has 2 rings (SSSR count). The number of nitrogens with zero attached hydrogens (tertiary/aromatic N) is 2. The minimum Gasteiger partial charge on any atom is -0.211 e. The highest BCUT2D eigenvalue weighted by molar-refractivity contribution is 9.10. The monoisotopic (exact) mass is 394 g/mol. The third-order valence-corrected chi connectivity index (χ3v) is 3.17. The zero-order valence-electron chi connectivity index (χ0n) is 10.1. The molecule has 0 amide bonds. The van der Waals surface area contributed by atoms with Crippen LogP contribution < -0.4 is 0 Å². The topological polar surface area (TPSA) is 58.9 Å². The number of isocyanates is 2. The van der Waals surface area contributed by atoms with Crippen LogP contribution in [0.2, 0.25) is 0 Å². The van der Waals surface area contributed by atoms with E-state index in [-0.39, 0.29) is 0 Å². The van der Waals surface area contributed by atoms with Crippen molar-refractivity contribution >= 4 is 55.4 Å². The molecule has 0 aliphatic heterocycles. The van der Waals surface area contributed by atoms with Crippen molar-refractivity contribution in [2.45, 2.75) is 0 Å². The highest BCUT2D eigenvalue weighted by Crippen LogP contribution is 2.23. The molecule has 0 heterocycles. The number of benzene rings is 2. The van der Waals surface area contributed by atoms with E-state index in [0.29, 0.717) is 11.4 Å². The largest absolute Gasteiger partial charge is 0.240 e. The van der Waals surface area contributed by atoms with Gasteiger partial charge in [-0.25, -0.2) is 9.59 Å². The summed E-state index contributed by atoms with van der Waals surface area (Å²) in [5.41, 5.74) is 1.22. The molecule has 20 heavy (non-hydrogen) atoms. The maximum absolute atomic E-state index is 9.81. The Morgan fingerprint density at radius 3 is 2.15 bits per heavy atom. The predicted octanol–water partition coefficient (Wildman–Crippen LogP) is 4.83. The van der Waals surface area contributed by atoms with Gasteiger partial charge in [0.25, 0.3) is 0 Å². The van der Waals surface area contributed by atoms with Crippen molar-refractivity contribution in [2.24, 2.45) is 9.98 Å². The number of hydrogen-bond donors (Lipinski definition) is 0. The van der Waals surface area contributed by atoms with Crippen molar-refractivity contribution in [1.29, 1.82) is 0 Å². The molecule has 2 aromatic carbocycles. The smallest absolute Gasteiger partial charge is 0.211 e. The molecule has 0 saturated heterocycles. The number of halogens is 2. The Morgan fingerprint density at radius 2 is 1.55 bits per heavy atom. The van der Waals surface area contributed by atoms with Gasteiger partial charge >= 0.3 is 0 Å². The van der Waals surface area contributed by atoms with Crippen LogP contribution in [0.15, 0.2) is 67.5 Å². The third kappa shape index (κ3) is 5.87. The summed E-state index contributed by atoms with van der Waals surface area (Å²) < 4.78 is 1.71. The molecule has 0 radical (unpaired) electrons. The second-order valence-electron chi connectivity index (χ2n) is 3.34. The molecule has 0 fully saturated rings. The average Bonchev–Trinajstić information content (AvgIpc) is 2.43. The number of carbonyl (C=O) groups excluding carboxylic acids is 2. The lowest BCUT2D eigenvalue weighted by Crippen LogP contribution is -1.65. The van der Waals surface area contributed by atoms with Crippen molar-refractivity contribution in [3.05, 3.63) is 57.5 Å². The van der Waals surface area contributed by atoms with Crippen molar-refractivity contribution < 1.29 is 9.59 Å². The van der Waals surface area contributed by atoms with Crippen LogP contribution in [0.4, 0.5) is 11.4 Å². The minimum absolute atomic E-state index is 0.609. The first-order valence-corrected chi connectivity index (χ1v) is 6.92. The van der Waals surface area contributed by atoms with E-state index >= 15 is 0 Å². The molecule has 0 atom stereocenters. The zero-order valence-corrected chi connectivity index (χ0v) is 13.3. The summed E-state index contributed by atoms with van der Waals surface area (Å²) in [5, 5.41) is 0. The van der Waals surface area contributed by atoms with E-state index in [1.54, 1.807) is 30.3 Å². The third-order valence-electron chi connectivity index (χ3n) is 2.00. The summed E-state index contributed by atoms with van der Waals surface area (Å²) in [7, 11) is 0. The van der Waals surface area contributed by atoms with Gasteiger partial charge in [-0.05, 0) is 46.3 Å². The molecule has 0 aliphatic rings. The molecule has 0 aliphatic carbocycles. The van der Waals surface area contributed by atoms with E-state index < -0.39 is 0 Å². The van der Waals surface area contributed by atoms with E-state index in [4.69, 9.17) is 0 Å². The van der Waals surface area contributed by atoms with Gasteiger partial charge in [-0.3, -0.25) is 0 Å². The van der Waals surface area contributed by atoms with Crippen LogP contribution >= 0.6 is 31.9 Å². The summed E-state index contributed by atoms with van der Waals surface area (Å²) in [6.07, 6.45) is 2.94. The van der Waals surface area contributed by atoms with E-state index in [0.717, 1.165) is 8.95 Å². The molecular weight excluding hydrogens is 388 g/mol.